The van der Waals surface area contributed by atoms with Crippen molar-refractivity contribution in [3.63, 3.8) is 0 Å². The summed E-state index contributed by atoms with van der Waals surface area (Å²) >= 11 is 0. The second-order valence-electron chi connectivity index (χ2n) is 5.51. The molecule has 3 aromatic rings. The van der Waals surface area contributed by atoms with Crippen molar-refractivity contribution >= 4 is 22.5 Å². The highest BCUT2D eigenvalue weighted by Gasteiger charge is 2.22. The number of carbonyl (C=O) groups excluding carboxylic acids is 1. The lowest BCUT2D eigenvalue weighted by Crippen LogP contribution is -2.24. The van der Waals surface area contributed by atoms with Gasteiger partial charge in [0.05, 0.1) is 11.1 Å². The lowest BCUT2D eigenvalue weighted by Gasteiger charge is -2.05. The Morgan fingerprint density at radius 3 is 2.74 bits per heavy atom. The summed E-state index contributed by atoms with van der Waals surface area (Å²) < 4.78 is 2.05. The fourth-order valence-electron chi connectivity index (χ4n) is 3.16. The van der Waals surface area contributed by atoms with E-state index in [0.29, 0.717) is 24.4 Å². The highest BCUT2D eigenvalue weighted by Crippen LogP contribution is 2.28. The van der Waals surface area contributed by atoms with Crippen molar-refractivity contribution in [3.8, 4) is 0 Å². The molecule has 114 valence electrons. The molecule has 5 nitrogen and oxygen atoms in total. The summed E-state index contributed by atoms with van der Waals surface area (Å²) in [4.78, 5) is 12.2. The van der Waals surface area contributed by atoms with Gasteiger partial charge < -0.3 is 15.1 Å². The van der Waals surface area contributed by atoms with Crippen LogP contribution >= 0.6 is 0 Å². The first-order valence-electron chi connectivity index (χ1n) is 7.47. The van der Waals surface area contributed by atoms with Crippen molar-refractivity contribution in [1.29, 1.82) is 0 Å². The molecular formula is C18H15N3O2. The van der Waals surface area contributed by atoms with Crippen molar-refractivity contribution in [1.82, 2.24) is 9.88 Å². The minimum Gasteiger partial charge on any atom is -0.410 e. The fourth-order valence-corrected chi connectivity index (χ4v) is 3.16. The Hall–Kier alpha value is -3.08. The maximum Gasteiger partial charge on any atom is 0.253 e. The summed E-state index contributed by atoms with van der Waals surface area (Å²) in [5, 5.41) is 16.9. The molecule has 0 atom stereocenters. The Balaban J connectivity index is 1.99. The number of amides is 1. The van der Waals surface area contributed by atoms with E-state index >= 15 is 0 Å². The fraction of sp³-hybridized carbons (Fsp3) is 0.111. The number of nitrogens with one attached hydrogen (secondary N) is 1. The van der Waals surface area contributed by atoms with Gasteiger partial charge >= 0.3 is 0 Å². The Kier molecular flexibility index (Phi) is 3.12. The Morgan fingerprint density at radius 2 is 1.96 bits per heavy atom. The first-order chi connectivity index (χ1) is 11.3. The molecule has 0 fully saturated rings. The van der Waals surface area contributed by atoms with E-state index in [2.05, 4.69) is 10.5 Å². The molecule has 5 heteroatoms. The van der Waals surface area contributed by atoms with Gasteiger partial charge in [0, 0.05) is 35.8 Å². The van der Waals surface area contributed by atoms with Crippen LogP contribution in [0.15, 0.2) is 59.9 Å². The van der Waals surface area contributed by atoms with E-state index < -0.39 is 0 Å². The van der Waals surface area contributed by atoms with Crippen LogP contribution in [0.5, 0.6) is 0 Å². The number of hydrogen-bond acceptors (Lipinski definition) is 3. The van der Waals surface area contributed by atoms with Crippen LogP contribution in [0.1, 0.15) is 21.5 Å². The summed E-state index contributed by atoms with van der Waals surface area (Å²) in [6.45, 7) is 1.26. The van der Waals surface area contributed by atoms with Gasteiger partial charge in [-0.1, -0.05) is 47.6 Å². The van der Waals surface area contributed by atoms with Crippen LogP contribution in [0.2, 0.25) is 0 Å². The topological polar surface area (TPSA) is 66.6 Å². The predicted octanol–water partition coefficient (Wildman–Crippen LogP) is 2.61. The molecule has 0 saturated carbocycles. The van der Waals surface area contributed by atoms with Crippen molar-refractivity contribution < 1.29 is 10.0 Å². The molecule has 0 spiro atoms. The van der Waals surface area contributed by atoms with Gasteiger partial charge in [-0.25, -0.2) is 0 Å². The van der Waals surface area contributed by atoms with Crippen molar-refractivity contribution in [2.45, 2.75) is 6.54 Å². The Morgan fingerprint density at radius 1 is 1.13 bits per heavy atom. The van der Waals surface area contributed by atoms with E-state index in [4.69, 9.17) is 0 Å². The molecule has 0 bridgehead atoms. The zero-order valence-electron chi connectivity index (χ0n) is 12.4. The van der Waals surface area contributed by atoms with Crippen LogP contribution in [-0.4, -0.2) is 27.9 Å². The molecular weight excluding hydrogens is 290 g/mol. The van der Waals surface area contributed by atoms with E-state index in [1.54, 1.807) is 0 Å². The van der Waals surface area contributed by atoms with Gasteiger partial charge in [0.1, 0.15) is 5.71 Å². The molecule has 1 aliphatic rings. The first-order valence-corrected chi connectivity index (χ1v) is 7.47. The third-order valence-corrected chi connectivity index (χ3v) is 4.18. The van der Waals surface area contributed by atoms with Crippen LogP contribution in [0.25, 0.3) is 10.9 Å². The zero-order valence-corrected chi connectivity index (χ0v) is 12.4. The number of hydrogen-bond donors (Lipinski definition) is 2. The molecule has 2 aromatic carbocycles. The highest BCUT2D eigenvalue weighted by atomic mass is 16.4. The molecule has 4 rings (SSSR count). The van der Waals surface area contributed by atoms with Crippen molar-refractivity contribution in [3.05, 3.63) is 71.4 Å². The third kappa shape index (κ3) is 2.09. The van der Waals surface area contributed by atoms with Gasteiger partial charge in [-0.05, 0) is 6.07 Å². The number of rotatable bonds is 2. The molecule has 2 N–H and O–H groups in total. The van der Waals surface area contributed by atoms with E-state index in [9.17, 15) is 10.0 Å². The minimum absolute atomic E-state index is 0.0683. The number of oxime groups is 1. The standard InChI is InChI=1S/C18H15N3O2/c22-18-14-8-4-7-13-15(11-21(17(13)14)10-9-19-18)16(20-23)12-5-2-1-3-6-12/h1-8,11,23H,9-10H2,(H,19,22). The van der Waals surface area contributed by atoms with Crippen LogP contribution in [0, 0.1) is 0 Å². The predicted molar refractivity (Wildman–Crippen MR) is 88.1 cm³/mol. The van der Waals surface area contributed by atoms with E-state index in [0.717, 1.165) is 22.0 Å². The van der Waals surface area contributed by atoms with Crippen LogP contribution < -0.4 is 5.32 Å². The van der Waals surface area contributed by atoms with Gasteiger partial charge in [-0.3, -0.25) is 4.79 Å². The first kappa shape index (κ1) is 13.6. The average Bonchev–Trinajstić information content (AvgIpc) is 2.87. The molecule has 23 heavy (non-hydrogen) atoms. The van der Waals surface area contributed by atoms with Crippen LogP contribution in [0.4, 0.5) is 0 Å². The lowest BCUT2D eigenvalue weighted by atomic mass is 10.0. The largest absolute Gasteiger partial charge is 0.410 e. The minimum atomic E-state index is -0.0683. The Bertz CT molecular complexity index is 926. The lowest BCUT2D eigenvalue weighted by molar-refractivity contribution is 0.0956. The van der Waals surface area contributed by atoms with Gasteiger partial charge in [-0.2, -0.15) is 0 Å². The normalized spacial score (nSPS) is 14.6. The van der Waals surface area contributed by atoms with E-state index in [1.165, 1.54) is 0 Å². The summed E-state index contributed by atoms with van der Waals surface area (Å²) in [6.07, 6.45) is 1.95. The monoisotopic (exact) mass is 305 g/mol. The Labute approximate surface area is 132 Å². The molecule has 0 saturated heterocycles. The molecule has 2 heterocycles. The van der Waals surface area contributed by atoms with Crippen molar-refractivity contribution in [2.75, 3.05) is 6.54 Å². The molecule has 1 aliphatic heterocycles. The average molecular weight is 305 g/mol. The van der Waals surface area contributed by atoms with Gasteiger partial charge in [-0.15, -0.1) is 0 Å². The van der Waals surface area contributed by atoms with Gasteiger partial charge in [0.25, 0.3) is 5.91 Å². The number of carbonyl (C=O) groups is 1. The number of aromatic nitrogens is 1. The van der Waals surface area contributed by atoms with E-state index in [-0.39, 0.29) is 5.91 Å². The molecule has 0 unspecified atom stereocenters. The zero-order chi connectivity index (χ0) is 15.8. The molecule has 1 aromatic heterocycles. The summed E-state index contributed by atoms with van der Waals surface area (Å²) in [5.41, 5.74) is 3.70. The number of para-hydroxylation sites is 1. The summed E-state index contributed by atoms with van der Waals surface area (Å²) in [6, 6.07) is 15.2. The van der Waals surface area contributed by atoms with Crippen molar-refractivity contribution in [2.24, 2.45) is 5.16 Å². The molecule has 1 amide bonds. The van der Waals surface area contributed by atoms with E-state index in [1.807, 2.05) is 59.3 Å². The number of benzene rings is 2. The van der Waals surface area contributed by atoms with Crippen LogP contribution in [0.3, 0.4) is 0 Å². The maximum absolute atomic E-state index is 12.2. The second-order valence-corrected chi connectivity index (χ2v) is 5.51. The smallest absolute Gasteiger partial charge is 0.253 e. The van der Waals surface area contributed by atoms with Crippen LogP contribution in [-0.2, 0) is 6.54 Å². The van der Waals surface area contributed by atoms with Gasteiger partial charge in [0.15, 0.2) is 0 Å². The second kappa shape index (κ2) is 5.28. The third-order valence-electron chi connectivity index (χ3n) is 4.18. The summed E-state index contributed by atoms with van der Waals surface area (Å²) in [7, 11) is 0. The van der Waals surface area contributed by atoms with Gasteiger partial charge in [0.2, 0.25) is 0 Å². The maximum atomic E-state index is 12.2. The quantitative estimate of drug-likeness (QED) is 0.434. The summed E-state index contributed by atoms with van der Waals surface area (Å²) in [5.74, 6) is -0.0683. The molecule has 0 radical (unpaired) electrons. The highest BCUT2D eigenvalue weighted by molar-refractivity contribution is 6.21. The number of nitrogens with zero attached hydrogens (tertiary/aromatic N) is 2. The molecule has 0 aliphatic carbocycles. The SMILES string of the molecule is O=C1NCCn2cc(C(=NO)c3ccccc3)c3cccc1c32.